The molecule has 13 heteroatoms. The number of carboxylic acids is 1. The molecule has 1 aliphatic heterocycles. The Hall–Kier alpha value is -3.45. The molecular formula is C19H24N6O6S. The highest BCUT2D eigenvalue weighted by atomic mass is 32.2. The Morgan fingerprint density at radius 3 is 2.72 bits per heavy atom. The quantitative estimate of drug-likeness (QED) is 0.307. The number of amides is 1. The number of aromatic amines is 1. The van der Waals surface area contributed by atoms with Crippen LogP contribution in [0, 0.1) is 0 Å². The number of carbonyl (C=O) groups is 2. The fourth-order valence-corrected chi connectivity index (χ4v) is 4.27. The van der Waals surface area contributed by atoms with Crippen LogP contribution in [0.15, 0.2) is 46.6 Å². The molecule has 2 heterocycles. The minimum atomic E-state index is -4.06. The van der Waals surface area contributed by atoms with Gasteiger partial charge < -0.3 is 26.0 Å². The number of hydrogen-bond donors (Lipinski definition) is 5. The fourth-order valence-electron chi connectivity index (χ4n) is 3.06. The normalized spacial score (nSPS) is 16.8. The predicted molar refractivity (Wildman–Crippen MR) is 114 cm³/mol. The summed E-state index contributed by atoms with van der Waals surface area (Å²) in [5.74, 6) is -1.69. The van der Waals surface area contributed by atoms with Crippen LogP contribution in [0.5, 0.6) is 0 Å². The van der Waals surface area contributed by atoms with E-state index in [1.807, 2.05) is 0 Å². The van der Waals surface area contributed by atoms with E-state index in [4.69, 9.17) is 10.6 Å². The van der Waals surface area contributed by atoms with Crippen molar-refractivity contribution in [2.45, 2.75) is 42.7 Å². The maximum absolute atomic E-state index is 12.4. The molecule has 2 atom stereocenters. The Labute approximate surface area is 184 Å². The number of benzene rings is 1. The zero-order valence-electron chi connectivity index (χ0n) is 17.0. The number of sulfonamides is 1. The first-order valence-electron chi connectivity index (χ1n) is 9.85. The maximum atomic E-state index is 12.4. The minimum absolute atomic E-state index is 0.0773. The van der Waals surface area contributed by atoms with Crippen LogP contribution in [0.25, 0.3) is 0 Å². The second kappa shape index (κ2) is 10.2. The lowest BCUT2D eigenvalue weighted by Gasteiger charge is -2.15. The van der Waals surface area contributed by atoms with E-state index in [0.29, 0.717) is 18.8 Å². The number of oxime groups is 1. The molecule has 0 saturated heterocycles. The topological polar surface area (TPSA) is 189 Å². The molecule has 2 unspecified atom stereocenters. The van der Waals surface area contributed by atoms with E-state index < -0.39 is 34.5 Å². The molecule has 32 heavy (non-hydrogen) atoms. The number of aryl methyl sites for hydroxylation is 1. The van der Waals surface area contributed by atoms with Crippen molar-refractivity contribution in [2.24, 2.45) is 5.16 Å². The van der Waals surface area contributed by atoms with Gasteiger partial charge in [0.2, 0.25) is 10.0 Å². The summed E-state index contributed by atoms with van der Waals surface area (Å²) in [6.45, 7) is -0.454. The van der Waals surface area contributed by atoms with Gasteiger partial charge in [-0.15, -0.1) is 0 Å². The van der Waals surface area contributed by atoms with Gasteiger partial charge in [0.1, 0.15) is 17.9 Å². The highest BCUT2D eigenvalue weighted by molar-refractivity contribution is 7.89. The lowest BCUT2D eigenvalue weighted by Crippen LogP contribution is -2.49. The number of imidazole rings is 1. The summed E-state index contributed by atoms with van der Waals surface area (Å²) in [6, 6.07) is 5.80. The molecule has 12 nitrogen and oxygen atoms in total. The van der Waals surface area contributed by atoms with E-state index in [1.54, 1.807) is 12.3 Å². The van der Waals surface area contributed by atoms with Crippen LogP contribution in [0.4, 0.5) is 5.95 Å². The lowest BCUT2D eigenvalue weighted by molar-refractivity contribution is -0.138. The Morgan fingerprint density at radius 2 is 2.06 bits per heavy atom. The summed E-state index contributed by atoms with van der Waals surface area (Å²) in [5.41, 5.74) is 6.48. The molecule has 1 aliphatic rings. The molecule has 0 radical (unpaired) electrons. The second-order valence-electron chi connectivity index (χ2n) is 7.17. The van der Waals surface area contributed by atoms with Gasteiger partial charge >= 0.3 is 5.97 Å². The number of rotatable bonds is 11. The third kappa shape index (κ3) is 6.28. The average molecular weight is 465 g/mol. The minimum Gasteiger partial charge on any atom is -0.480 e. The number of carboxylic acid groups (broad SMARTS) is 1. The van der Waals surface area contributed by atoms with Gasteiger partial charge in [-0.1, -0.05) is 23.4 Å². The highest BCUT2D eigenvalue weighted by Crippen LogP contribution is 2.17. The van der Waals surface area contributed by atoms with Crippen molar-refractivity contribution >= 4 is 33.6 Å². The second-order valence-corrected chi connectivity index (χ2v) is 8.89. The first-order valence-corrected chi connectivity index (χ1v) is 11.3. The third-order valence-corrected chi connectivity index (χ3v) is 6.21. The van der Waals surface area contributed by atoms with Gasteiger partial charge in [-0.05, 0) is 31.4 Å². The van der Waals surface area contributed by atoms with Crippen molar-refractivity contribution in [2.75, 3.05) is 12.3 Å². The number of H-pyrrole nitrogens is 1. The number of anilines is 1. The summed E-state index contributed by atoms with van der Waals surface area (Å²) in [5, 5.41) is 15.5. The standard InChI is InChI=1S/C19H24N6O6S/c20-19-22-10-12(23-19)5-4-6-13-9-15(24-31-13)17(26)21-11-16(18(27)28)25-32(29,30)14-7-2-1-3-8-14/h1-3,7-8,10,13,16,25H,4-6,9,11H2,(H,21,26)(H,27,28)(H3,20,22,23). The molecule has 1 amide bonds. The summed E-state index contributed by atoms with van der Waals surface area (Å²) < 4.78 is 26.8. The van der Waals surface area contributed by atoms with Crippen LogP contribution in [0.2, 0.25) is 0 Å². The van der Waals surface area contributed by atoms with Gasteiger partial charge in [0.15, 0.2) is 5.95 Å². The van der Waals surface area contributed by atoms with Crippen LogP contribution in [0.1, 0.15) is 25.0 Å². The Kier molecular flexibility index (Phi) is 7.43. The molecule has 1 aromatic carbocycles. The van der Waals surface area contributed by atoms with E-state index >= 15 is 0 Å². The molecule has 1 aromatic heterocycles. The smallest absolute Gasteiger partial charge is 0.323 e. The number of nitrogens with two attached hydrogens (primary N) is 1. The maximum Gasteiger partial charge on any atom is 0.323 e. The van der Waals surface area contributed by atoms with Crippen molar-refractivity contribution < 1.29 is 28.0 Å². The SMILES string of the molecule is Nc1nc(CCCC2CC(C(=O)NCC(NS(=O)(=O)c3ccccc3)C(=O)O)=NO2)c[nH]1. The Morgan fingerprint density at radius 1 is 1.31 bits per heavy atom. The van der Waals surface area contributed by atoms with Crippen LogP contribution in [0.3, 0.4) is 0 Å². The molecule has 3 rings (SSSR count). The number of aliphatic carboxylic acids is 1. The molecule has 0 aliphatic carbocycles. The number of nitrogens with zero attached hydrogens (tertiary/aromatic N) is 2. The molecule has 172 valence electrons. The Bertz CT molecular complexity index is 1080. The van der Waals surface area contributed by atoms with E-state index in [1.165, 1.54) is 24.3 Å². The highest BCUT2D eigenvalue weighted by Gasteiger charge is 2.29. The zero-order valence-corrected chi connectivity index (χ0v) is 17.8. The Balaban J connectivity index is 1.45. The van der Waals surface area contributed by atoms with Crippen molar-refractivity contribution in [3.63, 3.8) is 0 Å². The number of nitrogen functional groups attached to an aromatic ring is 1. The summed E-state index contributed by atoms with van der Waals surface area (Å²) in [6.07, 6.45) is 3.80. The van der Waals surface area contributed by atoms with Gasteiger partial charge in [-0.2, -0.15) is 4.72 Å². The first-order chi connectivity index (χ1) is 15.2. The van der Waals surface area contributed by atoms with E-state index in [2.05, 4.69) is 25.2 Å². The van der Waals surface area contributed by atoms with Crippen molar-refractivity contribution in [3.8, 4) is 0 Å². The molecule has 0 fully saturated rings. The molecule has 2 aromatic rings. The van der Waals surface area contributed by atoms with Gasteiger partial charge in [-0.25, -0.2) is 13.4 Å². The van der Waals surface area contributed by atoms with Crippen LogP contribution in [-0.2, 0) is 30.9 Å². The van der Waals surface area contributed by atoms with Gasteiger partial charge in [0.05, 0.1) is 10.6 Å². The number of carbonyl (C=O) groups excluding carboxylic acids is 1. The van der Waals surface area contributed by atoms with Crippen molar-refractivity contribution in [3.05, 3.63) is 42.2 Å². The largest absolute Gasteiger partial charge is 0.480 e. The van der Waals surface area contributed by atoms with E-state index in [9.17, 15) is 23.1 Å². The number of nitrogens with one attached hydrogen (secondary N) is 3. The molecule has 0 saturated carbocycles. The van der Waals surface area contributed by atoms with E-state index in [-0.39, 0.29) is 23.1 Å². The van der Waals surface area contributed by atoms with Gasteiger partial charge in [-0.3, -0.25) is 9.59 Å². The average Bonchev–Trinajstić information content (AvgIpc) is 3.40. The van der Waals surface area contributed by atoms with Crippen LogP contribution < -0.4 is 15.8 Å². The van der Waals surface area contributed by atoms with Gasteiger partial charge in [0.25, 0.3) is 5.91 Å². The summed E-state index contributed by atoms with van der Waals surface area (Å²) in [4.78, 5) is 35.9. The zero-order chi connectivity index (χ0) is 23.1. The summed E-state index contributed by atoms with van der Waals surface area (Å²) >= 11 is 0. The van der Waals surface area contributed by atoms with Gasteiger partial charge in [0, 0.05) is 19.2 Å². The molecule has 0 bridgehead atoms. The van der Waals surface area contributed by atoms with Crippen LogP contribution >= 0.6 is 0 Å². The molecule has 0 spiro atoms. The number of aromatic nitrogens is 2. The predicted octanol–water partition coefficient (Wildman–Crippen LogP) is 0.00740. The van der Waals surface area contributed by atoms with E-state index in [0.717, 1.165) is 12.1 Å². The monoisotopic (exact) mass is 464 g/mol. The molecule has 6 N–H and O–H groups in total. The molecular weight excluding hydrogens is 440 g/mol. The van der Waals surface area contributed by atoms with Crippen LogP contribution in [-0.4, -0.2) is 59.8 Å². The third-order valence-electron chi connectivity index (χ3n) is 4.72. The summed E-state index contributed by atoms with van der Waals surface area (Å²) in [7, 11) is -4.06. The van der Waals surface area contributed by atoms with Crippen molar-refractivity contribution in [1.82, 2.24) is 20.0 Å². The first kappa shape index (κ1) is 23.2. The number of hydrogen-bond acceptors (Lipinski definition) is 8. The lowest BCUT2D eigenvalue weighted by atomic mass is 10.1. The van der Waals surface area contributed by atoms with Crippen molar-refractivity contribution in [1.29, 1.82) is 0 Å². The fraction of sp³-hybridized carbons (Fsp3) is 0.368.